The fraction of sp³-hybridized carbons (Fsp3) is 0.500. The molecular formula is C14H20N2OS. The Labute approximate surface area is 113 Å². The maximum Gasteiger partial charge on any atom is 0.234 e. The molecule has 0 spiro atoms. The summed E-state index contributed by atoms with van der Waals surface area (Å²) in [7, 11) is 0. The first-order valence-electron chi connectivity index (χ1n) is 6.43. The van der Waals surface area contributed by atoms with Crippen molar-refractivity contribution in [3.05, 3.63) is 29.8 Å². The molecule has 0 aliphatic carbocycles. The molecule has 2 rings (SSSR count). The van der Waals surface area contributed by atoms with Gasteiger partial charge in [0.2, 0.25) is 5.91 Å². The van der Waals surface area contributed by atoms with Gasteiger partial charge in [-0.25, -0.2) is 0 Å². The molecule has 1 amide bonds. The predicted molar refractivity (Wildman–Crippen MR) is 78.2 cm³/mol. The molecule has 2 N–H and O–H groups in total. The van der Waals surface area contributed by atoms with Crippen molar-refractivity contribution in [1.29, 1.82) is 0 Å². The van der Waals surface area contributed by atoms with Gasteiger partial charge in [-0.05, 0) is 38.4 Å². The topological polar surface area (TPSA) is 41.1 Å². The third-order valence-corrected chi connectivity index (χ3v) is 4.34. The maximum atomic E-state index is 11.8. The highest BCUT2D eigenvalue weighted by molar-refractivity contribution is 8.00. The van der Waals surface area contributed by atoms with Gasteiger partial charge >= 0.3 is 0 Å². The lowest BCUT2D eigenvalue weighted by molar-refractivity contribution is -0.113. The first kappa shape index (κ1) is 13.4. The molecule has 3 nitrogen and oxygen atoms in total. The van der Waals surface area contributed by atoms with Crippen LogP contribution in [0.1, 0.15) is 18.4 Å². The van der Waals surface area contributed by atoms with Gasteiger partial charge in [-0.1, -0.05) is 17.7 Å². The Bertz CT molecular complexity index is 385. The second-order valence-corrected chi connectivity index (χ2v) is 5.98. The fourth-order valence-corrected chi connectivity index (χ4v) is 3.02. The van der Waals surface area contributed by atoms with Crippen molar-refractivity contribution >= 4 is 23.4 Å². The maximum absolute atomic E-state index is 11.8. The second kappa shape index (κ2) is 6.81. The minimum absolute atomic E-state index is 0.0921. The van der Waals surface area contributed by atoms with Crippen LogP contribution in [0.2, 0.25) is 0 Å². The van der Waals surface area contributed by atoms with Gasteiger partial charge < -0.3 is 10.6 Å². The van der Waals surface area contributed by atoms with Crippen LogP contribution in [0.4, 0.5) is 5.69 Å². The first-order chi connectivity index (χ1) is 8.74. The van der Waals surface area contributed by atoms with Crippen molar-refractivity contribution in [1.82, 2.24) is 5.32 Å². The Morgan fingerprint density at radius 3 is 2.89 bits per heavy atom. The molecule has 1 heterocycles. The Morgan fingerprint density at radius 1 is 1.44 bits per heavy atom. The van der Waals surface area contributed by atoms with Gasteiger partial charge in [-0.2, -0.15) is 0 Å². The number of benzene rings is 1. The number of hydrogen-bond donors (Lipinski definition) is 2. The molecule has 18 heavy (non-hydrogen) atoms. The van der Waals surface area contributed by atoms with Crippen molar-refractivity contribution in [2.24, 2.45) is 0 Å². The molecule has 1 unspecified atom stereocenters. The van der Waals surface area contributed by atoms with Crippen LogP contribution >= 0.6 is 11.8 Å². The molecule has 0 radical (unpaired) electrons. The van der Waals surface area contributed by atoms with E-state index < -0.39 is 0 Å². The minimum atomic E-state index is 0.0921. The molecule has 0 bridgehead atoms. The summed E-state index contributed by atoms with van der Waals surface area (Å²) < 4.78 is 0. The van der Waals surface area contributed by atoms with Gasteiger partial charge in [-0.15, -0.1) is 11.8 Å². The summed E-state index contributed by atoms with van der Waals surface area (Å²) in [6, 6.07) is 7.90. The summed E-state index contributed by atoms with van der Waals surface area (Å²) in [5.74, 6) is 0.634. The molecular weight excluding hydrogens is 244 g/mol. The average molecular weight is 264 g/mol. The average Bonchev–Trinajstić information content (AvgIpc) is 2.40. The minimum Gasteiger partial charge on any atom is -0.325 e. The van der Waals surface area contributed by atoms with Gasteiger partial charge in [0.15, 0.2) is 0 Å². The molecule has 1 atom stereocenters. The van der Waals surface area contributed by atoms with Gasteiger partial charge in [0.25, 0.3) is 0 Å². The number of carbonyl (C=O) groups excluding carboxylic acids is 1. The van der Waals surface area contributed by atoms with Crippen LogP contribution in [0.3, 0.4) is 0 Å². The van der Waals surface area contributed by atoms with Gasteiger partial charge in [0.1, 0.15) is 0 Å². The van der Waals surface area contributed by atoms with Crippen LogP contribution in [0, 0.1) is 6.92 Å². The van der Waals surface area contributed by atoms with Crippen molar-refractivity contribution in [2.45, 2.75) is 25.0 Å². The van der Waals surface area contributed by atoms with E-state index in [0.29, 0.717) is 11.0 Å². The van der Waals surface area contributed by atoms with E-state index in [9.17, 15) is 4.79 Å². The quantitative estimate of drug-likeness (QED) is 0.877. The SMILES string of the molecule is Cc1ccc(NC(=O)CSC2CCCNC2)cc1. The summed E-state index contributed by atoms with van der Waals surface area (Å²) in [5, 5.41) is 6.88. The third-order valence-electron chi connectivity index (χ3n) is 3.04. The number of anilines is 1. The van der Waals surface area contributed by atoms with E-state index in [-0.39, 0.29) is 5.91 Å². The van der Waals surface area contributed by atoms with Crippen LogP contribution in [0.5, 0.6) is 0 Å². The van der Waals surface area contributed by atoms with Crippen molar-refractivity contribution in [3.8, 4) is 0 Å². The largest absolute Gasteiger partial charge is 0.325 e. The van der Waals surface area contributed by atoms with Gasteiger partial charge in [0.05, 0.1) is 5.75 Å². The van der Waals surface area contributed by atoms with Crippen LogP contribution in [-0.2, 0) is 4.79 Å². The van der Waals surface area contributed by atoms with Crippen molar-refractivity contribution in [2.75, 3.05) is 24.2 Å². The van der Waals surface area contributed by atoms with Crippen LogP contribution in [0.15, 0.2) is 24.3 Å². The molecule has 98 valence electrons. The zero-order valence-corrected chi connectivity index (χ0v) is 11.6. The number of rotatable bonds is 4. The number of thioether (sulfide) groups is 1. The first-order valence-corrected chi connectivity index (χ1v) is 7.48. The predicted octanol–water partition coefficient (Wildman–Crippen LogP) is 2.42. The van der Waals surface area contributed by atoms with E-state index >= 15 is 0 Å². The number of piperidine rings is 1. The zero-order valence-electron chi connectivity index (χ0n) is 10.7. The Morgan fingerprint density at radius 2 is 2.22 bits per heavy atom. The van der Waals surface area contributed by atoms with Crippen molar-refractivity contribution in [3.63, 3.8) is 0 Å². The number of nitrogens with one attached hydrogen (secondary N) is 2. The van der Waals surface area contributed by atoms with E-state index in [1.54, 1.807) is 11.8 Å². The van der Waals surface area contributed by atoms with E-state index in [0.717, 1.165) is 18.8 Å². The molecule has 1 saturated heterocycles. The van der Waals surface area contributed by atoms with Crippen LogP contribution in [0.25, 0.3) is 0 Å². The number of amides is 1. The third kappa shape index (κ3) is 4.35. The monoisotopic (exact) mass is 264 g/mol. The van der Waals surface area contributed by atoms with Crippen LogP contribution in [-0.4, -0.2) is 30.0 Å². The standard InChI is InChI=1S/C14H20N2OS/c1-11-4-6-12(7-5-11)16-14(17)10-18-13-3-2-8-15-9-13/h4-7,13,15H,2-3,8-10H2,1H3,(H,16,17). The van der Waals surface area contributed by atoms with Gasteiger partial charge in [0, 0.05) is 17.5 Å². The van der Waals surface area contributed by atoms with E-state index in [4.69, 9.17) is 0 Å². The van der Waals surface area contributed by atoms with Gasteiger partial charge in [-0.3, -0.25) is 4.79 Å². The normalized spacial score (nSPS) is 19.5. The molecule has 1 fully saturated rings. The number of hydrogen-bond acceptors (Lipinski definition) is 3. The molecule has 1 aliphatic heterocycles. The second-order valence-electron chi connectivity index (χ2n) is 4.69. The Balaban J connectivity index is 1.73. The van der Waals surface area contributed by atoms with E-state index in [1.807, 2.05) is 31.2 Å². The highest BCUT2D eigenvalue weighted by Gasteiger charge is 2.14. The molecule has 0 saturated carbocycles. The lowest BCUT2D eigenvalue weighted by atomic mass is 10.2. The highest BCUT2D eigenvalue weighted by Crippen LogP contribution is 2.18. The zero-order chi connectivity index (χ0) is 12.8. The van der Waals surface area contributed by atoms with Crippen LogP contribution < -0.4 is 10.6 Å². The van der Waals surface area contributed by atoms with E-state index in [1.165, 1.54) is 18.4 Å². The fourth-order valence-electron chi connectivity index (χ4n) is 1.99. The lowest BCUT2D eigenvalue weighted by Crippen LogP contribution is -2.32. The molecule has 0 aromatic heterocycles. The summed E-state index contributed by atoms with van der Waals surface area (Å²) in [6.07, 6.45) is 2.44. The molecule has 1 aromatic rings. The molecule has 4 heteroatoms. The molecule has 1 aliphatic rings. The summed E-state index contributed by atoms with van der Waals surface area (Å²) in [5.41, 5.74) is 2.09. The lowest BCUT2D eigenvalue weighted by Gasteiger charge is -2.21. The number of aryl methyl sites for hydroxylation is 1. The summed E-state index contributed by atoms with van der Waals surface area (Å²) in [4.78, 5) is 11.8. The molecule has 1 aromatic carbocycles. The van der Waals surface area contributed by atoms with Crippen molar-refractivity contribution < 1.29 is 4.79 Å². The highest BCUT2D eigenvalue weighted by atomic mass is 32.2. The Kier molecular flexibility index (Phi) is 5.08. The van der Waals surface area contributed by atoms with E-state index in [2.05, 4.69) is 10.6 Å². The number of carbonyl (C=O) groups is 1. The summed E-state index contributed by atoms with van der Waals surface area (Å²) >= 11 is 1.75. The smallest absolute Gasteiger partial charge is 0.234 e. The Hall–Kier alpha value is -1.00. The summed E-state index contributed by atoms with van der Waals surface area (Å²) in [6.45, 7) is 4.19.